The van der Waals surface area contributed by atoms with Crippen molar-refractivity contribution < 1.29 is 9.59 Å². The van der Waals surface area contributed by atoms with E-state index >= 15 is 0 Å². The van der Waals surface area contributed by atoms with Crippen molar-refractivity contribution >= 4 is 11.8 Å². The van der Waals surface area contributed by atoms with E-state index in [-0.39, 0.29) is 17.4 Å². The van der Waals surface area contributed by atoms with Crippen LogP contribution in [0.3, 0.4) is 0 Å². The number of hydrogen-bond acceptors (Lipinski definition) is 4. The molecule has 3 rings (SSSR count). The maximum atomic E-state index is 12.4. The Labute approximate surface area is 117 Å². The average Bonchev–Trinajstić information content (AvgIpc) is 2.71. The zero-order valence-corrected chi connectivity index (χ0v) is 11.3. The molecule has 0 aliphatic carbocycles. The summed E-state index contributed by atoms with van der Waals surface area (Å²) in [4.78, 5) is 33.6. The molecule has 0 radical (unpaired) electrons. The highest BCUT2D eigenvalue weighted by Gasteiger charge is 2.39. The Morgan fingerprint density at radius 2 is 2.15 bits per heavy atom. The van der Waals surface area contributed by atoms with Gasteiger partial charge in [0.2, 0.25) is 5.91 Å². The summed E-state index contributed by atoms with van der Waals surface area (Å²) >= 11 is 0. The van der Waals surface area contributed by atoms with Crippen molar-refractivity contribution in [3.05, 3.63) is 24.3 Å². The Balaban J connectivity index is 1.69. The van der Waals surface area contributed by atoms with Gasteiger partial charge < -0.3 is 10.2 Å². The van der Waals surface area contributed by atoms with Gasteiger partial charge in [0.25, 0.3) is 5.91 Å². The molecule has 1 spiro atoms. The number of rotatable bonds is 1. The number of carbonyl (C=O) groups is 2. The second kappa shape index (κ2) is 5.19. The van der Waals surface area contributed by atoms with Crippen molar-refractivity contribution in [2.24, 2.45) is 0 Å². The van der Waals surface area contributed by atoms with Crippen molar-refractivity contribution in [3.63, 3.8) is 0 Å². The van der Waals surface area contributed by atoms with Gasteiger partial charge in [-0.05, 0) is 25.7 Å². The minimum Gasteiger partial charge on any atom is -0.351 e. The molecule has 0 saturated carbocycles. The molecule has 0 aromatic carbocycles. The molecule has 2 aliphatic rings. The zero-order chi connectivity index (χ0) is 14.0. The molecule has 6 nitrogen and oxygen atoms in total. The minimum atomic E-state index is -0.0888. The molecule has 20 heavy (non-hydrogen) atoms. The number of nitrogens with zero attached hydrogens (tertiary/aromatic N) is 3. The molecule has 1 N–H and O–H groups in total. The van der Waals surface area contributed by atoms with E-state index in [0.29, 0.717) is 25.2 Å². The fraction of sp³-hybridized carbons (Fsp3) is 0.571. The van der Waals surface area contributed by atoms with Gasteiger partial charge in [0.1, 0.15) is 5.69 Å². The van der Waals surface area contributed by atoms with E-state index in [1.54, 1.807) is 6.20 Å². The number of carbonyl (C=O) groups excluding carboxylic acids is 2. The molecular weight excluding hydrogens is 256 g/mol. The van der Waals surface area contributed by atoms with Crippen LogP contribution in [0.2, 0.25) is 0 Å². The molecule has 1 atom stereocenters. The molecule has 2 saturated heterocycles. The summed E-state index contributed by atoms with van der Waals surface area (Å²) in [6.45, 7) is 1.38. The van der Waals surface area contributed by atoms with Crippen LogP contribution in [-0.4, -0.2) is 45.3 Å². The van der Waals surface area contributed by atoms with Crippen LogP contribution in [0.5, 0.6) is 0 Å². The predicted octanol–water partition coefficient (Wildman–Crippen LogP) is 0.751. The first-order valence-electron chi connectivity index (χ1n) is 7.05. The lowest BCUT2D eigenvalue weighted by Gasteiger charge is -2.27. The topological polar surface area (TPSA) is 75.2 Å². The SMILES string of the molecule is O=C1CC[C@@]2(CCCN(C(=O)c3cnccn3)CC2)N1. The van der Waals surface area contributed by atoms with E-state index in [0.717, 1.165) is 25.7 Å². The Morgan fingerprint density at radius 1 is 1.25 bits per heavy atom. The van der Waals surface area contributed by atoms with E-state index in [1.165, 1.54) is 12.4 Å². The molecule has 2 fully saturated rings. The van der Waals surface area contributed by atoms with Crippen molar-refractivity contribution in [1.29, 1.82) is 0 Å². The van der Waals surface area contributed by atoms with Gasteiger partial charge in [-0.15, -0.1) is 0 Å². The summed E-state index contributed by atoms with van der Waals surface area (Å²) in [6.07, 6.45) is 8.77. The first-order valence-corrected chi connectivity index (χ1v) is 7.05. The molecule has 106 valence electrons. The van der Waals surface area contributed by atoms with Gasteiger partial charge in [-0.2, -0.15) is 0 Å². The summed E-state index contributed by atoms with van der Waals surface area (Å²) in [5.74, 6) is 0.0678. The van der Waals surface area contributed by atoms with Crippen LogP contribution >= 0.6 is 0 Å². The highest BCUT2D eigenvalue weighted by atomic mass is 16.2. The minimum absolute atomic E-state index is 0.0699. The number of likely N-dealkylation sites (tertiary alicyclic amines) is 1. The van der Waals surface area contributed by atoms with Crippen LogP contribution in [0, 0.1) is 0 Å². The van der Waals surface area contributed by atoms with Crippen LogP contribution in [0.4, 0.5) is 0 Å². The Morgan fingerprint density at radius 3 is 2.85 bits per heavy atom. The first kappa shape index (κ1) is 13.0. The number of nitrogens with one attached hydrogen (secondary N) is 1. The highest BCUT2D eigenvalue weighted by Crippen LogP contribution is 2.31. The third-order valence-corrected chi connectivity index (χ3v) is 4.25. The third kappa shape index (κ3) is 2.50. The molecule has 6 heteroatoms. The largest absolute Gasteiger partial charge is 0.351 e. The number of hydrogen-bond donors (Lipinski definition) is 1. The van der Waals surface area contributed by atoms with Crippen LogP contribution in [0.15, 0.2) is 18.6 Å². The lowest BCUT2D eigenvalue weighted by atomic mass is 9.89. The molecule has 1 aromatic heterocycles. The normalized spacial score (nSPS) is 26.4. The van der Waals surface area contributed by atoms with Gasteiger partial charge in [0.05, 0.1) is 6.20 Å². The number of aromatic nitrogens is 2. The van der Waals surface area contributed by atoms with Crippen LogP contribution in [-0.2, 0) is 4.79 Å². The van der Waals surface area contributed by atoms with Gasteiger partial charge in [0.15, 0.2) is 0 Å². The average molecular weight is 274 g/mol. The first-order chi connectivity index (χ1) is 9.69. The molecule has 1 aromatic rings. The second-order valence-corrected chi connectivity index (χ2v) is 5.56. The Bertz CT molecular complexity index is 519. The van der Waals surface area contributed by atoms with Gasteiger partial charge in [-0.1, -0.05) is 0 Å². The van der Waals surface area contributed by atoms with Crippen LogP contribution < -0.4 is 5.32 Å². The lowest BCUT2D eigenvalue weighted by Crippen LogP contribution is -2.42. The lowest BCUT2D eigenvalue weighted by molar-refractivity contribution is -0.119. The predicted molar refractivity (Wildman–Crippen MR) is 71.9 cm³/mol. The smallest absolute Gasteiger partial charge is 0.274 e. The molecule has 2 amide bonds. The van der Waals surface area contributed by atoms with E-state index in [9.17, 15) is 9.59 Å². The van der Waals surface area contributed by atoms with Crippen molar-refractivity contribution in [3.8, 4) is 0 Å². The van der Waals surface area contributed by atoms with E-state index in [2.05, 4.69) is 15.3 Å². The van der Waals surface area contributed by atoms with Crippen molar-refractivity contribution in [2.45, 2.75) is 37.6 Å². The quantitative estimate of drug-likeness (QED) is 0.820. The van der Waals surface area contributed by atoms with Crippen molar-refractivity contribution in [1.82, 2.24) is 20.2 Å². The summed E-state index contributed by atoms with van der Waals surface area (Å²) in [5, 5.41) is 3.10. The maximum Gasteiger partial charge on any atom is 0.274 e. The summed E-state index contributed by atoms with van der Waals surface area (Å²) in [5.41, 5.74) is 0.299. The summed E-state index contributed by atoms with van der Waals surface area (Å²) < 4.78 is 0. The van der Waals surface area contributed by atoms with Crippen LogP contribution in [0.1, 0.15) is 42.6 Å². The molecule has 3 heterocycles. The number of amides is 2. The highest BCUT2D eigenvalue weighted by molar-refractivity contribution is 5.92. The fourth-order valence-electron chi connectivity index (χ4n) is 3.12. The molecule has 0 bridgehead atoms. The fourth-order valence-corrected chi connectivity index (χ4v) is 3.12. The van der Waals surface area contributed by atoms with E-state index < -0.39 is 0 Å². The van der Waals surface area contributed by atoms with Gasteiger partial charge in [-0.25, -0.2) is 4.98 Å². The van der Waals surface area contributed by atoms with Gasteiger partial charge >= 0.3 is 0 Å². The monoisotopic (exact) mass is 274 g/mol. The molecule has 2 aliphatic heterocycles. The Hall–Kier alpha value is -1.98. The molecule has 0 unspecified atom stereocenters. The third-order valence-electron chi connectivity index (χ3n) is 4.25. The van der Waals surface area contributed by atoms with E-state index in [1.807, 2.05) is 4.90 Å². The van der Waals surface area contributed by atoms with Gasteiger partial charge in [0, 0.05) is 37.4 Å². The Kier molecular flexibility index (Phi) is 3.38. The van der Waals surface area contributed by atoms with Gasteiger partial charge in [-0.3, -0.25) is 14.6 Å². The maximum absolute atomic E-state index is 12.4. The van der Waals surface area contributed by atoms with Crippen molar-refractivity contribution in [2.75, 3.05) is 13.1 Å². The summed E-state index contributed by atoms with van der Waals surface area (Å²) in [6, 6.07) is 0. The zero-order valence-electron chi connectivity index (χ0n) is 11.3. The van der Waals surface area contributed by atoms with E-state index in [4.69, 9.17) is 0 Å². The summed E-state index contributed by atoms with van der Waals surface area (Å²) in [7, 11) is 0. The second-order valence-electron chi connectivity index (χ2n) is 5.56. The standard InChI is InChI=1S/C14H18N4O2/c19-12-2-4-14(17-12)3-1-8-18(9-5-14)13(20)11-10-15-6-7-16-11/h6-7,10H,1-5,8-9H2,(H,17,19)/t14-/m1/s1. The van der Waals surface area contributed by atoms with Crippen LogP contribution in [0.25, 0.3) is 0 Å². The molecular formula is C14H18N4O2.